The van der Waals surface area contributed by atoms with Crippen molar-refractivity contribution in [2.24, 2.45) is 5.92 Å². The Kier molecular flexibility index (Phi) is 3.52. The molecule has 0 aromatic heterocycles. The van der Waals surface area contributed by atoms with Crippen LogP contribution in [0.15, 0.2) is 24.3 Å². The third kappa shape index (κ3) is 2.70. The SMILES string of the molecule is COc1cccc(NC(C(=O)O)C2CCC2)c1. The number of carbonyl (C=O) groups is 1. The molecule has 4 nitrogen and oxygen atoms in total. The molecule has 17 heavy (non-hydrogen) atoms. The number of nitrogens with one attached hydrogen (secondary N) is 1. The third-order valence-corrected chi connectivity index (χ3v) is 3.28. The molecule has 0 spiro atoms. The Bertz CT molecular complexity index is 401. The van der Waals surface area contributed by atoms with E-state index in [1.54, 1.807) is 7.11 Å². The molecule has 0 saturated heterocycles. The van der Waals surface area contributed by atoms with Crippen LogP contribution in [0.25, 0.3) is 0 Å². The molecule has 2 rings (SSSR count). The van der Waals surface area contributed by atoms with Gasteiger partial charge in [0.25, 0.3) is 0 Å². The van der Waals surface area contributed by atoms with Crippen LogP contribution in [-0.4, -0.2) is 24.2 Å². The molecule has 1 aliphatic carbocycles. The lowest BCUT2D eigenvalue weighted by atomic mass is 9.79. The Balaban J connectivity index is 2.08. The van der Waals surface area contributed by atoms with E-state index in [2.05, 4.69) is 5.32 Å². The minimum Gasteiger partial charge on any atom is -0.497 e. The van der Waals surface area contributed by atoms with Gasteiger partial charge in [0.05, 0.1) is 7.11 Å². The van der Waals surface area contributed by atoms with Gasteiger partial charge in [0, 0.05) is 11.8 Å². The number of rotatable bonds is 5. The zero-order valence-corrected chi connectivity index (χ0v) is 9.85. The van der Waals surface area contributed by atoms with Gasteiger partial charge >= 0.3 is 5.97 Å². The fourth-order valence-corrected chi connectivity index (χ4v) is 2.05. The highest BCUT2D eigenvalue weighted by Crippen LogP contribution is 2.31. The van der Waals surface area contributed by atoms with E-state index >= 15 is 0 Å². The predicted octanol–water partition coefficient (Wildman–Crippen LogP) is 2.36. The number of benzene rings is 1. The van der Waals surface area contributed by atoms with Crippen molar-refractivity contribution in [3.8, 4) is 5.75 Å². The standard InChI is InChI=1S/C13H17NO3/c1-17-11-7-3-6-10(8-11)14-12(13(15)16)9-4-2-5-9/h3,6-9,12,14H,2,4-5H2,1H3,(H,15,16). The zero-order valence-electron chi connectivity index (χ0n) is 9.85. The molecule has 0 aliphatic heterocycles. The van der Waals surface area contributed by atoms with Gasteiger partial charge in [0.2, 0.25) is 0 Å². The van der Waals surface area contributed by atoms with E-state index < -0.39 is 12.0 Å². The summed E-state index contributed by atoms with van der Waals surface area (Å²) >= 11 is 0. The van der Waals surface area contributed by atoms with Crippen LogP contribution in [0.2, 0.25) is 0 Å². The summed E-state index contributed by atoms with van der Waals surface area (Å²) in [4.78, 5) is 11.2. The molecule has 4 heteroatoms. The van der Waals surface area contributed by atoms with Crippen molar-refractivity contribution in [2.45, 2.75) is 25.3 Å². The van der Waals surface area contributed by atoms with Gasteiger partial charge in [0.1, 0.15) is 11.8 Å². The van der Waals surface area contributed by atoms with Crippen LogP contribution >= 0.6 is 0 Å². The smallest absolute Gasteiger partial charge is 0.326 e. The molecular weight excluding hydrogens is 218 g/mol. The molecule has 1 fully saturated rings. The largest absolute Gasteiger partial charge is 0.497 e. The van der Waals surface area contributed by atoms with E-state index in [-0.39, 0.29) is 5.92 Å². The van der Waals surface area contributed by atoms with Gasteiger partial charge in [-0.25, -0.2) is 4.79 Å². The normalized spacial score (nSPS) is 17.0. The molecule has 2 N–H and O–H groups in total. The maximum absolute atomic E-state index is 11.2. The Morgan fingerprint density at radius 3 is 2.82 bits per heavy atom. The number of aliphatic carboxylic acids is 1. The van der Waals surface area contributed by atoms with Crippen LogP contribution in [0.3, 0.4) is 0 Å². The Labute approximate surface area is 101 Å². The molecule has 0 radical (unpaired) electrons. The lowest BCUT2D eigenvalue weighted by Crippen LogP contribution is -2.40. The highest BCUT2D eigenvalue weighted by Gasteiger charge is 2.32. The van der Waals surface area contributed by atoms with E-state index in [1.165, 1.54) is 0 Å². The van der Waals surface area contributed by atoms with Crippen LogP contribution in [0.5, 0.6) is 5.75 Å². The first-order valence-corrected chi connectivity index (χ1v) is 5.84. The summed E-state index contributed by atoms with van der Waals surface area (Å²) in [5, 5.41) is 12.3. The molecule has 0 bridgehead atoms. The average Bonchev–Trinajstić information content (AvgIpc) is 2.26. The quantitative estimate of drug-likeness (QED) is 0.822. The molecule has 1 aliphatic rings. The lowest BCUT2D eigenvalue weighted by Gasteiger charge is -2.32. The Morgan fingerprint density at radius 2 is 2.29 bits per heavy atom. The second-order valence-electron chi connectivity index (χ2n) is 4.38. The second-order valence-corrected chi connectivity index (χ2v) is 4.38. The first-order chi connectivity index (χ1) is 8.20. The first kappa shape index (κ1) is 11.8. The van der Waals surface area contributed by atoms with Crippen molar-refractivity contribution >= 4 is 11.7 Å². The van der Waals surface area contributed by atoms with Gasteiger partial charge in [-0.3, -0.25) is 0 Å². The van der Waals surface area contributed by atoms with Crippen LogP contribution < -0.4 is 10.1 Å². The molecule has 1 aromatic carbocycles. The maximum Gasteiger partial charge on any atom is 0.326 e. The summed E-state index contributed by atoms with van der Waals surface area (Å²) in [6, 6.07) is 6.87. The number of ether oxygens (including phenoxy) is 1. The van der Waals surface area contributed by atoms with Crippen molar-refractivity contribution in [2.75, 3.05) is 12.4 Å². The molecule has 1 aromatic rings. The minimum absolute atomic E-state index is 0.249. The van der Waals surface area contributed by atoms with E-state index in [0.717, 1.165) is 30.7 Å². The summed E-state index contributed by atoms with van der Waals surface area (Å²) < 4.78 is 5.11. The topological polar surface area (TPSA) is 58.6 Å². The van der Waals surface area contributed by atoms with Crippen LogP contribution in [0, 0.1) is 5.92 Å². The molecular formula is C13H17NO3. The minimum atomic E-state index is -0.780. The van der Waals surface area contributed by atoms with Gasteiger partial charge in [-0.2, -0.15) is 0 Å². The van der Waals surface area contributed by atoms with Gasteiger partial charge in [-0.1, -0.05) is 12.5 Å². The first-order valence-electron chi connectivity index (χ1n) is 5.84. The lowest BCUT2D eigenvalue weighted by molar-refractivity contribution is -0.139. The number of carboxylic acid groups (broad SMARTS) is 1. The van der Waals surface area contributed by atoms with Crippen molar-refractivity contribution < 1.29 is 14.6 Å². The number of methoxy groups -OCH3 is 1. The maximum atomic E-state index is 11.2. The summed E-state index contributed by atoms with van der Waals surface area (Å²) in [5.74, 6) is 0.198. The fraction of sp³-hybridized carbons (Fsp3) is 0.462. The van der Waals surface area contributed by atoms with E-state index in [1.807, 2.05) is 24.3 Å². The molecule has 1 atom stereocenters. The van der Waals surface area contributed by atoms with Gasteiger partial charge < -0.3 is 15.2 Å². The van der Waals surface area contributed by atoms with Crippen molar-refractivity contribution in [3.05, 3.63) is 24.3 Å². The monoisotopic (exact) mass is 235 g/mol. The zero-order chi connectivity index (χ0) is 12.3. The second kappa shape index (κ2) is 5.08. The predicted molar refractivity (Wildman–Crippen MR) is 65.4 cm³/mol. The number of anilines is 1. The number of hydrogen-bond donors (Lipinski definition) is 2. The van der Waals surface area contributed by atoms with Gasteiger partial charge in [-0.15, -0.1) is 0 Å². The van der Waals surface area contributed by atoms with Crippen LogP contribution in [-0.2, 0) is 4.79 Å². The van der Waals surface area contributed by atoms with Crippen molar-refractivity contribution in [1.29, 1.82) is 0 Å². The number of carboxylic acids is 1. The Morgan fingerprint density at radius 1 is 1.53 bits per heavy atom. The summed E-state index contributed by atoms with van der Waals surface area (Å²) in [6.07, 6.45) is 3.12. The molecule has 1 unspecified atom stereocenters. The van der Waals surface area contributed by atoms with E-state index in [4.69, 9.17) is 4.74 Å². The highest BCUT2D eigenvalue weighted by molar-refractivity contribution is 5.78. The number of hydrogen-bond acceptors (Lipinski definition) is 3. The van der Waals surface area contributed by atoms with Crippen molar-refractivity contribution in [3.63, 3.8) is 0 Å². The highest BCUT2D eigenvalue weighted by atomic mass is 16.5. The molecule has 1 saturated carbocycles. The molecule has 0 amide bonds. The summed E-state index contributed by atoms with van der Waals surface area (Å²) in [5.41, 5.74) is 0.795. The molecule has 0 heterocycles. The third-order valence-electron chi connectivity index (χ3n) is 3.28. The van der Waals surface area contributed by atoms with Crippen LogP contribution in [0.1, 0.15) is 19.3 Å². The Hall–Kier alpha value is -1.71. The van der Waals surface area contributed by atoms with Gasteiger partial charge in [-0.05, 0) is 30.9 Å². The average molecular weight is 235 g/mol. The van der Waals surface area contributed by atoms with E-state index in [0.29, 0.717) is 0 Å². The summed E-state index contributed by atoms with van der Waals surface area (Å²) in [7, 11) is 1.60. The fourth-order valence-electron chi connectivity index (χ4n) is 2.05. The molecule has 92 valence electrons. The van der Waals surface area contributed by atoms with Gasteiger partial charge in [0.15, 0.2) is 0 Å². The summed E-state index contributed by atoms with van der Waals surface area (Å²) in [6.45, 7) is 0. The van der Waals surface area contributed by atoms with Crippen LogP contribution in [0.4, 0.5) is 5.69 Å². The van der Waals surface area contributed by atoms with Crippen molar-refractivity contribution in [1.82, 2.24) is 0 Å². The van der Waals surface area contributed by atoms with E-state index in [9.17, 15) is 9.90 Å².